The number of nitrogens with zero attached hydrogens (tertiary/aromatic N) is 1. The van der Waals surface area contributed by atoms with Crippen molar-refractivity contribution in [2.75, 3.05) is 24.8 Å². The highest BCUT2D eigenvalue weighted by Crippen LogP contribution is 2.33. The molecule has 1 aromatic heterocycles. The van der Waals surface area contributed by atoms with Crippen molar-refractivity contribution in [3.05, 3.63) is 103 Å². The van der Waals surface area contributed by atoms with Gasteiger partial charge in [0, 0.05) is 30.5 Å². The van der Waals surface area contributed by atoms with Crippen molar-refractivity contribution in [1.82, 2.24) is 10.0 Å². The highest BCUT2D eigenvalue weighted by atomic mass is 32.3. The van der Waals surface area contributed by atoms with Crippen LogP contribution in [-0.2, 0) is 20.7 Å². The summed E-state index contributed by atoms with van der Waals surface area (Å²) in [6.07, 6.45) is 4.30. The lowest BCUT2D eigenvalue weighted by atomic mass is 10.0. The van der Waals surface area contributed by atoms with Crippen LogP contribution in [0.2, 0.25) is 0 Å². The largest absolute Gasteiger partial charge is 0.497 e. The van der Waals surface area contributed by atoms with Crippen LogP contribution in [0.5, 0.6) is 5.75 Å². The first-order valence-corrected chi connectivity index (χ1v) is 15.4. The number of hydrogen-bond acceptors (Lipinski definition) is 5. The standard InChI is InChI=1S/C31H35N3O6S/c1-5-34(26-13-15-27(39-3)16-14-26)30(35)28(19-23-9-7-6-8-10-23)32-31(36)33-41(4,37,38)29-20-24(12-11-22(29)2)25-17-18-40-21-25/h6-18,20-21,28H,5,19H2,1-4H3,(H3,32,33,36,37,38). The molecule has 0 saturated carbocycles. The number of benzene rings is 3. The molecule has 9 nitrogen and oxygen atoms in total. The Morgan fingerprint density at radius 3 is 2.34 bits per heavy atom. The minimum Gasteiger partial charge on any atom is -0.497 e. The fraction of sp³-hybridized carbons (Fsp3) is 0.226. The Bertz CT molecular complexity index is 1560. The normalized spacial score (nSPS) is 13.0. The van der Waals surface area contributed by atoms with E-state index >= 15 is 0 Å². The summed E-state index contributed by atoms with van der Waals surface area (Å²) in [5.41, 5.74) is 3.36. The molecule has 0 aliphatic rings. The van der Waals surface area contributed by atoms with Crippen LogP contribution in [-0.4, -0.2) is 46.7 Å². The van der Waals surface area contributed by atoms with Gasteiger partial charge in [0.15, 0.2) is 0 Å². The molecule has 216 valence electrons. The Kier molecular flexibility index (Phi) is 8.65. The number of nitrogens with one attached hydrogen (secondary N) is 2. The molecule has 0 bridgehead atoms. The van der Waals surface area contributed by atoms with E-state index in [2.05, 4.69) is 10.0 Å². The number of methoxy groups -OCH3 is 1. The number of carbonyl (C=O) groups is 2. The smallest absolute Gasteiger partial charge is 0.333 e. The van der Waals surface area contributed by atoms with Crippen molar-refractivity contribution in [1.29, 1.82) is 0 Å². The molecule has 41 heavy (non-hydrogen) atoms. The number of urea groups is 1. The van der Waals surface area contributed by atoms with Crippen LogP contribution in [0.25, 0.3) is 11.1 Å². The average Bonchev–Trinajstić information content (AvgIpc) is 3.48. The maximum atomic E-state index is 14.0. The number of hydrogen-bond donors (Lipinski definition) is 3. The summed E-state index contributed by atoms with van der Waals surface area (Å²) in [7, 11) is -3.35. The van der Waals surface area contributed by atoms with Crippen LogP contribution in [0.3, 0.4) is 0 Å². The Hall–Kier alpha value is -4.41. The third-order valence-electron chi connectivity index (χ3n) is 6.75. The lowest BCUT2D eigenvalue weighted by molar-refractivity contribution is -0.120. The number of carbonyl (C=O) groups excluding carboxylic acids is 2. The van der Waals surface area contributed by atoms with E-state index < -0.39 is 21.6 Å². The first-order chi connectivity index (χ1) is 19.5. The molecule has 1 atom stereocenters. The summed E-state index contributed by atoms with van der Waals surface area (Å²) in [6.45, 7) is 3.87. The quantitative estimate of drug-likeness (QED) is 0.231. The Labute approximate surface area is 239 Å². The molecule has 0 saturated heterocycles. The third kappa shape index (κ3) is 7.03. The van der Waals surface area contributed by atoms with E-state index in [1.54, 1.807) is 67.5 Å². The van der Waals surface area contributed by atoms with Gasteiger partial charge in [-0.25, -0.2) is 9.52 Å². The Morgan fingerprint density at radius 1 is 1.02 bits per heavy atom. The molecule has 0 spiro atoms. The van der Waals surface area contributed by atoms with Crippen molar-refractivity contribution in [3.63, 3.8) is 0 Å². The lowest BCUT2D eigenvalue weighted by Crippen LogP contribution is -2.58. The number of amides is 3. The van der Waals surface area contributed by atoms with E-state index in [0.29, 0.717) is 29.1 Å². The molecule has 3 amide bonds. The van der Waals surface area contributed by atoms with Crippen molar-refractivity contribution < 1.29 is 27.5 Å². The monoisotopic (exact) mass is 577 g/mol. The van der Waals surface area contributed by atoms with Crippen LogP contribution >= 0.6 is 0 Å². The second-order valence-electron chi connectivity index (χ2n) is 9.87. The van der Waals surface area contributed by atoms with Gasteiger partial charge in [0.1, 0.15) is 11.8 Å². The fourth-order valence-electron chi connectivity index (χ4n) is 4.65. The van der Waals surface area contributed by atoms with Crippen molar-refractivity contribution in [2.24, 2.45) is 0 Å². The molecular formula is C31H35N3O6S. The van der Waals surface area contributed by atoms with Gasteiger partial charge in [-0.3, -0.25) is 9.35 Å². The predicted octanol–water partition coefficient (Wildman–Crippen LogP) is 5.42. The first-order valence-electron chi connectivity index (χ1n) is 13.1. The predicted molar refractivity (Wildman–Crippen MR) is 160 cm³/mol. The van der Waals surface area contributed by atoms with Crippen LogP contribution in [0.15, 0.2) is 101 Å². The number of likely N-dealkylation sites (N-methyl/N-ethyl adjacent to an activating group) is 1. The molecule has 10 heteroatoms. The molecule has 3 N–H and O–H groups in total. The van der Waals surface area contributed by atoms with Gasteiger partial charge in [0.05, 0.1) is 24.5 Å². The molecule has 0 fully saturated rings. The summed E-state index contributed by atoms with van der Waals surface area (Å²) in [5.74, 6) is 0.280. The van der Waals surface area contributed by atoms with Crippen molar-refractivity contribution >= 4 is 27.2 Å². The average molecular weight is 578 g/mol. The number of ether oxygens (including phenoxy) is 1. The Morgan fingerprint density at radius 2 is 1.73 bits per heavy atom. The fourth-order valence-corrected chi connectivity index (χ4v) is 6.49. The summed E-state index contributed by atoms with van der Waals surface area (Å²) >= 11 is 0. The van der Waals surface area contributed by atoms with Crippen LogP contribution in [0.4, 0.5) is 10.5 Å². The van der Waals surface area contributed by atoms with Gasteiger partial charge in [-0.15, -0.1) is 9.53 Å². The van der Waals surface area contributed by atoms with Crippen LogP contribution in [0.1, 0.15) is 18.1 Å². The first kappa shape index (κ1) is 29.6. The topological polar surface area (TPSA) is 121 Å². The SMILES string of the molecule is CCN(C(=O)C(Cc1ccccc1)NC(=O)NS(C)(=O)(O)c1cc(-c2ccoc2)ccc1C)c1ccc(OC)cc1. The number of aryl methyl sites for hydroxylation is 1. The highest BCUT2D eigenvalue weighted by molar-refractivity contribution is 8.13. The second kappa shape index (κ2) is 12.0. The van der Waals surface area contributed by atoms with E-state index in [-0.39, 0.29) is 17.2 Å². The number of rotatable bonds is 10. The molecule has 0 aliphatic heterocycles. The molecule has 1 unspecified atom stereocenters. The molecule has 4 rings (SSSR count). The lowest BCUT2D eigenvalue weighted by Gasteiger charge is -2.41. The van der Waals surface area contributed by atoms with E-state index in [4.69, 9.17) is 9.15 Å². The van der Waals surface area contributed by atoms with Gasteiger partial charge in [0.25, 0.3) is 0 Å². The van der Waals surface area contributed by atoms with Gasteiger partial charge >= 0.3 is 6.03 Å². The zero-order valence-corrected chi connectivity index (χ0v) is 24.3. The van der Waals surface area contributed by atoms with Gasteiger partial charge in [0.2, 0.25) is 5.91 Å². The van der Waals surface area contributed by atoms with E-state index in [0.717, 1.165) is 17.4 Å². The van der Waals surface area contributed by atoms with Gasteiger partial charge in [-0.2, -0.15) is 4.21 Å². The summed E-state index contributed by atoms with van der Waals surface area (Å²) in [5, 5.41) is 2.67. The molecular weight excluding hydrogens is 542 g/mol. The maximum absolute atomic E-state index is 14.0. The summed E-state index contributed by atoms with van der Waals surface area (Å²) < 4.78 is 38.0. The minimum absolute atomic E-state index is 0.0650. The Balaban J connectivity index is 1.61. The highest BCUT2D eigenvalue weighted by Gasteiger charge is 2.32. The van der Waals surface area contributed by atoms with E-state index in [9.17, 15) is 18.4 Å². The molecule has 3 aromatic carbocycles. The van der Waals surface area contributed by atoms with Crippen LogP contribution < -0.4 is 19.7 Å². The molecule has 0 radical (unpaired) electrons. The zero-order chi connectivity index (χ0) is 29.6. The number of furan rings is 1. The van der Waals surface area contributed by atoms with E-state index in [1.165, 1.54) is 12.5 Å². The molecule has 4 aromatic rings. The van der Waals surface area contributed by atoms with E-state index in [1.807, 2.05) is 37.3 Å². The second-order valence-corrected chi connectivity index (χ2v) is 13.1. The summed E-state index contributed by atoms with van der Waals surface area (Å²) in [6, 6.07) is 21.1. The van der Waals surface area contributed by atoms with Gasteiger partial charge in [-0.1, -0.05) is 42.5 Å². The van der Waals surface area contributed by atoms with Crippen molar-refractivity contribution in [2.45, 2.75) is 31.2 Å². The summed E-state index contributed by atoms with van der Waals surface area (Å²) in [4.78, 5) is 28.8. The van der Waals surface area contributed by atoms with Crippen molar-refractivity contribution in [3.8, 4) is 16.9 Å². The third-order valence-corrected chi connectivity index (χ3v) is 8.89. The minimum atomic E-state index is -4.91. The molecule has 0 aliphatic carbocycles. The molecule has 1 heterocycles. The zero-order valence-electron chi connectivity index (χ0n) is 23.5. The maximum Gasteiger partial charge on any atom is 0.333 e. The van der Waals surface area contributed by atoms with Gasteiger partial charge in [-0.05, 0) is 66.9 Å². The van der Waals surface area contributed by atoms with Crippen LogP contribution in [0, 0.1) is 6.92 Å². The van der Waals surface area contributed by atoms with Gasteiger partial charge < -0.3 is 19.4 Å². The number of anilines is 1.